The minimum Gasteiger partial charge on any atom is -0.463 e. The minimum atomic E-state index is -4.38. The molecular weight excluding hydrogens is 808 g/mol. The van der Waals surface area contributed by atoms with E-state index in [1.165, 1.54) is 25.8 Å². The van der Waals surface area contributed by atoms with Gasteiger partial charge < -0.3 is 33.3 Å². The van der Waals surface area contributed by atoms with Gasteiger partial charge in [0.2, 0.25) is 0 Å². The third-order valence-electron chi connectivity index (χ3n) is 12.4. The van der Waals surface area contributed by atoms with Crippen molar-refractivity contribution >= 4 is 17.7 Å². The smallest absolute Gasteiger partial charge is 0.401 e. The number of alkyl halides is 3. The lowest BCUT2D eigenvalue weighted by molar-refractivity contribution is -0.295. The summed E-state index contributed by atoms with van der Waals surface area (Å²) < 4.78 is 78.9. The van der Waals surface area contributed by atoms with Crippen molar-refractivity contribution in [1.82, 2.24) is 14.7 Å². The molecular formula is C47H70F3N3O9. The van der Waals surface area contributed by atoms with Gasteiger partial charge in [0, 0.05) is 26.1 Å². The first-order valence-corrected chi connectivity index (χ1v) is 21.7. The number of carbonyl (C=O) groups is 3. The van der Waals surface area contributed by atoms with E-state index in [2.05, 4.69) is 11.8 Å². The van der Waals surface area contributed by atoms with Crippen LogP contribution in [0.5, 0.6) is 0 Å². The Kier molecular flexibility index (Phi) is 18.5. The van der Waals surface area contributed by atoms with E-state index in [-0.39, 0.29) is 44.2 Å². The van der Waals surface area contributed by atoms with Crippen LogP contribution in [0, 0.1) is 17.3 Å². The van der Waals surface area contributed by atoms with Gasteiger partial charge >= 0.3 is 18.1 Å². The van der Waals surface area contributed by atoms with Gasteiger partial charge in [-0.1, -0.05) is 69.3 Å². The van der Waals surface area contributed by atoms with Crippen molar-refractivity contribution in [3.05, 3.63) is 71.8 Å². The fraction of sp³-hybridized carbons (Fsp3) is 0.681. The number of ether oxygens (including phenoxy) is 6. The lowest BCUT2D eigenvalue weighted by atomic mass is 9.74. The number of benzene rings is 2. The molecule has 0 bridgehead atoms. The zero-order valence-corrected chi connectivity index (χ0v) is 38.5. The van der Waals surface area contributed by atoms with Crippen molar-refractivity contribution in [2.45, 2.75) is 129 Å². The lowest BCUT2D eigenvalue weighted by Crippen LogP contribution is -2.60. The monoisotopic (exact) mass is 878 g/mol. The summed E-state index contributed by atoms with van der Waals surface area (Å²) in [6.45, 7) is 12.5. The standard InChI is InChI=1S/C47H70F3N3O9/c1-12-53-27-31(2)26-46(7,57-11)41(62-43-39(36(51(8)9)25-32(3)60-43)61-42(55)35-21-17-14-18-22-35)33(4)40(54)45(5,6)44(56)59-29-37(53)38(23-24-52(10)30-47(48,49)50)58-28-34-19-15-13-16-20-34/h13-22,31-33,36-39,41,43H,12,23-30H2,1-11H3/t31-,32?,33+,36?,37+,38-,39?,41-,43?,46-/m1/s1. The number of esters is 2. The van der Waals surface area contributed by atoms with Gasteiger partial charge in [-0.15, -0.1) is 0 Å². The number of carbonyl (C=O) groups excluding carboxylic acids is 3. The van der Waals surface area contributed by atoms with E-state index in [0.29, 0.717) is 31.5 Å². The second-order valence-corrected chi connectivity index (χ2v) is 18.2. The Labute approximate surface area is 366 Å². The summed E-state index contributed by atoms with van der Waals surface area (Å²) >= 11 is 0. The van der Waals surface area contributed by atoms with Crippen molar-refractivity contribution in [3.8, 4) is 0 Å². The van der Waals surface area contributed by atoms with E-state index in [0.717, 1.165) is 5.56 Å². The highest BCUT2D eigenvalue weighted by Crippen LogP contribution is 2.39. The molecule has 348 valence electrons. The number of hydrogen-bond donors (Lipinski definition) is 0. The van der Waals surface area contributed by atoms with Gasteiger partial charge in [-0.05, 0) is 98.3 Å². The zero-order valence-electron chi connectivity index (χ0n) is 38.5. The van der Waals surface area contributed by atoms with Gasteiger partial charge in [-0.25, -0.2) is 4.79 Å². The van der Waals surface area contributed by atoms with Crippen LogP contribution in [0.25, 0.3) is 0 Å². The Bertz CT molecular complexity index is 1720. The van der Waals surface area contributed by atoms with Crippen LogP contribution in [0.3, 0.4) is 0 Å². The van der Waals surface area contributed by atoms with Gasteiger partial charge in [0.15, 0.2) is 18.2 Å². The fourth-order valence-corrected chi connectivity index (χ4v) is 8.93. The van der Waals surface area contributed by atoms with Gasteiger partial charge in [-0.2, -0.15) is 13.2 Å². The largest absolute Gasteiger partial charge is 0.463 e. The average molecular weight is 878 g/mol. The minimum absolute atomic E-state index is 0.0664. The maximum absolute atomic E-state index is 14.8. The second-order valence-electron chi connectivity index (χ2n) is 18.2. The van der Waals surface area contributed by atoms with Gasteiger partial charge in [0.05, 0.1) is 54.7 Å². The third kappa shape index (κ3) is 13.8. The average Bonchev–Trinajstić information content (AvgIpc) is 3.22. The van der Waals surface area contributed by atoms with Crippen molar-refractivity contribution < 1.29 is 56.0 Å². The van der Waals surface area contributed by atoms with Crippen LogP contribution >= 0.6 is 0 Å². The number of cyclic esters (lactones) is 1. The molecule has 12 nitrogen and oxygen atoms in total. The quantitative estimate of drug-likeness (QED) is 0.135. The molecule has 15 heteroatoms. The summed E-state index contributed by atoms with van der Waals surface area (Å²) in [5.74, 6) is -2.85. The van der Waals surface area contributed by atoms with Crippen molar-refractivity contribution in [2.24, 2.45) is 17.3 Å². The SMILES string of the molecule is CCN1C[C@H](C)C[C@@](C)(OC)[C@H](OC2OC(C)CC(N(C)C)C2OC(=O)c2ccccc2)[C@@H](C)C(=O)C(C)(C)C(=O)OC[C@H]1[C@@H](CCN(C)CC(F)(F)F)OCc1ccccc1. The third-order valence-corrected chi connectivity index (χ3v) is 12.4. The van der Waals surface area contributed by atoms with Gasteiger partial charge in [-0.3, -0.25) is 19.4 Å². The first kappa shape index (κ1) is 51.2. The van der Waals surface area contributed by atoms with Crippen LogP contribution in [0.2, 0.25) is 0 Å². The number of halogens is 3. The summed E-state index contributed by atoms with van der Waals surface area (Å²) in [4.78, 5) is 47.9. The van der Waals surface area contributed by atoms with Crippen LogP contribution < -0.4 is 0 Å². The van der Waals surface area contributed by atoms with E-state index >= 15 is 0 Å². The first-order chi connectivity index (χ1) is 29.1. The van der Waals surface area contributed by atoms with E-state index in [9.17, 15) is 27.6 Å². The molecule has 2 aliphatic heterocycles. The summed E-state index contributed by atoms with van der Waals surface area (Å²) in [7, 11) is 6.77. The normalized spacial score (nSPS) is 29.9. The van der Waals surface area contributed by atoms with Gasteiger partial charge in [0.25, 0.3) is 0 Å². The van der Waals surface area contributed by atoms with E-state index in [1.54, 1.807) is 38.3 Å². The Hall–Kier alpha value is -3.44. The molecule has 0 N–H and O–H groups in total. The molecule has 10 atom stereocenters. The Morgan fingerprint density at radius 3 is 2.19 bits per heavy atom. The molecule has 0 aliphatic carbocycles. The zero-order chi connectivity index (χ0) is 46.0. The molecule has 2 aromatic carbocycles. The predicted molar refractivity (Wildman–Crippen MR) is 229 cm³/mol. The molecule has 4 unspecified atom stereocenters. The molecule has 2 aliphatic rings. The highest BCUT2D eigenvalue weighted by atomic mass is 19.4. The molecule has 0 saturated carbocycles. The number of rotatable bonds is 15. The van der Waals surface area contributed by atoms with Crippen molar-refractivity contribution in [1.29, 1.82) is 0 Å². The van der Waals surface area contributed by atoms with Crippen LogP contribution in [0.4, 0.5) is 13.2 Å². The Balaban J connectivity index is 1.74. The van der Waals surface area contributed by atoms with Crippen molar-refractivity contribution in [2.75, 3.05) is 61.0 Å². The Morgan fingerprint density at radius 2 is 1.61 bits per heavy atom. The molecule has 0 spiro atoms. The number of likely N-dealkylation sites (N-methyl/N-ethyl adjacent to an activating group) is 2. The van der Waals surface area contributed by atoms with Crippen LogP contribution in [-0.4, -0.2) is 148 Å². The second kappa shape index (κ2) is 22.5. The molecule has 2 saturated heterocycles. The number of ketones is 1. The molecule has 0 amide bonds. The van der Waals surface area contributed by atoms with E-state index in [1.807, 2.05) is 76.2 Å². The van der Waals surface area contributed by atoms with E-state index < -0.39 is 78.0 Å². The molecule has 2 heterocycles. The van der Waals surface area contributed by atoms with Gasteiger partial charge in [0.1, 0.15) is 12.0 Å². The Morgan fingerprint density at radius 1 is 0.984 bits per heavy atom. The maximum atomic E-state index is 14.8. The maximum Gasteiger partial charge on any atom is 0.401 e. The number of Topliss-reactive ketones (excluding diaryl/α,β-unsaturated/α-hetero) is 1. The van der Waals surface area contributed by atoms with Crippen LogP contribution in [-0.2, 0) is 44.6 Å². The highest BCUT2D eigenvalue weighted by Gasteiger charge is 2.52. The summed E-state index contributed by atoms with van der Waals surface area (Å²) in [5.41, 5.74) is -1.58. The summed E-state index contributed by atoms with van der Waals surface area (Å²) in [5, 5.41) is 0. The lowest BCUT2D eigenvalue weighted by Gasteiger charge is -2.48. The number of nitrogens with zero attached hydrogens (tertiary/aromatic N) is 3. The molecule has 4 rings (SSSR count). The van der Waals surface area contributed by atoms with Crippen LogP contribution in [0.15, 0.2) is 60.7 Å². The molecule has 62 heavy (non-hydrogen) atoms. The fourth-order valence-electron chi connectivity index (χ4n) is 8.93. The molecule has 2 aromatic rings. The topological polar surface area (TPSA) is 116 Å². The summed E-state index contributed by atoms with van der Waals surface area (Å²) in [6.07, 6.45) is -7.26. The molecule has 0 radical (unpaired) electrons. The molecule has 0 aromatic heterocycles. The number of hydrogen-bond acceptors (Lipinski definition) is 12. The van der Waals surface area contributed by atoms with Crippen LogP contribution in [0.1, 0.15) is 83.7 Å². The number of methoxy groups -OCH3 is 1. The highest BCUT2D eigenvalue weighted by molar-refractivity contribution is 6.04. The first-order valence-electron chi connectivity index (χ1n) is 21.7. The van der Waals surface area contributed by atoms with Crippen molar-refractivity contribution in [3.63, 3.8) is 0 Å². The predicted octanol–water partition coefficient (Wildman–Crippen LogP) is 7.04. The van der Waals surface area contributed by atoms with E-state index in [4.69, 9.17) is 28.4 Å². The summed E-state index contributed by atoms with van der Waals surface area (Å²) in [6, 6.07) is 17.2. The molecule has 2 fully saturated rings.